The van der Waals surface area contributed by atoms with Crippen LogP contribution in [0, 0.1) is 0 Å². The van der Waals surface area contributed by atoms with Crippen LogP contribution in [0.3, 0.4) is 0 Å². The Labute approximate surface area is 102 Å². The fourth-order valence-corrected chi connectivity index (χ4v) is 1.85. The fraction of sp³-hybridized carbons (Fsp3) is 0.583. The first-order valence-electron chi connectivity index (χ1n) is 6.09. The smallest absolute Gasteiger partial charge is 0.0597 e. The molecule has 0 saturated heterocycles. The van der Waals surface area contributed by atoms with Crippen molar-refractivity contribution in [1.29, 1.82) is 0 Å². The largest absolute Gasteiger partial charge is 0.395 e. The molecule has 1 aliphatic heterocycles. The molecule has 1 aromatic heterocycles. The van der Waals surface area contributed by atoms with Crippen LogP contribution in [0.1, 0.15) is 11.4 Å². The predicted octanol–water partition coefficient (Wildman–Crippen LogP) is -0.775. The minimum atomic E-state index is 0.0832. The number of nitrogens with one attached hydrogen (secondary N) is 3. The molecule has 0 saturated carbocycles. The van der Waals surface area contributed by atoms with E-state index in [1.54, 1.807) is 0 Å². The Morgan fingerprint density at radius 1 is 1.18 bits per heavy atom. The van der Waals surface area contributed by atoms with Crippen molar-refractivity contribution < 1.29 is 5.11 Å². The fourth-order valence-electron chi connectivity index (χ4n) is 1.85. The van der Waals surface area contributed by atoms with Gasteiger partial charge < -0.3 is 21.1 Å². The summed E-state index contributed by atoms with van der Waals surface area (Å²) in [6.45, 7) is 4.22. The molecule has 0 aliphatic carbocycles. The second-order valence-corrected chi connectivity index (χ2v) is 4.26. The lowest BCUT2D eigenvalue weighted by Crippen LogP contribution is -2.43. The van der Waals surface area contributed by atoms with Crippen LogP contribution in [0.5, 0.6) is 0 Å². The number of aliphatic hydroxyl groups is 1. The molecule has 17 heavy (non-hydrogen) atoms. The minimum absolute atomic E-state index is 0.0832. The van der Waals surface area contributed by atoms with Crippen molar-refractivity contribution in [3.8, 4) is 0 Å². The van der Waals surface area contributed by atoms with Gasteiger partial charge in [-0.15, -0.1) is 0 Å². The van der Waals surface area contributed by atoms with Crippen molar-refractivity contribution in [3.05, 3.63) is 29.6 Å². The molecule has 0 aromatic carbocycles. The van der Waals surface area contributed by atoms with Crippen molar-refractivity contribution >= 4 is 0 Å². The van der Waals surface area contributed by atoms with Gasteiger partial charge in [-0.2, -0.15) is 0 Å². The molecular formula is C12H20N4O. The first kappa shape index (κ1) is 12.4. The third-order valence-corrected chi connectivity index (χ3v) is 2.83. The van der Waals surface area contributed by atoms with Crippen LogP contribution in [-0.2, 0) is 13.1 Å². The van der Waals surface area contributed by atoms with Crippen LogP contribution in [0.15, 0.2) is 18.2 Å². The number of aromatic nitrogens is 1. The van der Waals surface area contributed by atoms with Crippen LogP contribution >= 0.6 is 0 Å². The molecule has 0 radical (unpaired) electrons. The number of fused-ring (bicyclic) bond motifs is 2. The third-order valence-electron chi connectivity index (χ3n) is 2.83. The molecule has 1 unspecified atom stereocenters. The Kier molecular flexibility index (Phi) is 4.88. The average Bonchev–Trinajstić information content (AvgIpc) is 2.36. The van der Waals surface area contributed by atoms with Crippen molar-refractivity contribution in [2.45, 2.75) is 19.1 Å². The summed E-state index contributed by atoms with van der Waals surface area (Å²) in [4.78, 5) is 4.55. The van der Waals surface area contributed by atoms with E-state index < -0.39 is 0 Å². The van der Waals surface area contributed by atoms with Gasteiger partial charge in [0.05, 0.1) is 18.0 Å². The minimum Gasteiger partial charge on any atom is -0.395 e. The third kappa shape index (κ3) is 4.05. The molecule has 5 heteroatoms. The Bertz CT molecular complexity index is 345. The Morgan fingerprint density at radius 3 is 2.76 bits per heavy atom. The molecule has 4 N–H and O–H groups in total. The number of rotatable bonds is 1. The van der Waals surface area contributed by atoms with Gasteiger partial charge >= 0.3 is 0 Å². The summed E-state index contributed by atoms with van der Waals surface area (Å²) in [5, 5.41) is 19.2. The molecule has 5 nitrogen and oxygen atoms in total. The highest BCUT2D eigenvalue weighted by Crippen LogP contribution is 2.00. The van der Waals surface area contributed by atoms with Crippen LogP contribution < -0.4 is 16.0 Å². The van der Waals surface area contributed by atoms with E-state index in [1.807, 2.05) is 18.2 Å². The lowest BCUT2D eigenvalue weighted by Gasteiger charge is -2.18. The van der Waals surface area contributed by atoms with E-state index in [1.165, 1.54) is 0 Å². The highest BCUT2D eigenvalue weighted by molar-refractivity contribution is 5.11. The first-order chi connectivity index (χ1) is 8.38. The molecular weight excluding hydrogens is 216 g/mol. The quantitative estimate of drug-likeness (QED) is 0.515. The van der Waals surface area contributed by atoms with Gasteiger partial charge in [-0.1, -0.05) is 6.07 Å². The maximum Gasteiger partial charge on any atom is 0.0597 e. The van der Waals surface area contributed by atoms with Crippen molar-refractivity contribution in [1.82, 2.24) is 20.9 Å². The maximum atomic E-state index is 9.23. The molecule has 1 atom stereocenters. The molecule has 0 fully saturated rings. The number of hydrogen-bond donors (Lipinski definition) is 4. The van der Waals surface area contributed by atoms with E-state index in [0.717, 1.165) is 37.6 Å². The van der Waals surface area contributed by atoms with Gasteiger partial charge in [0.15, 0.2) is 0 Å². The van der Waals surface area contributed by atoms with E-state index in [9.17, 15) is 5.11 Å². The summed E-state index contributed by atoms with van der Waals surface area (Å²) in [6.07, 6.45) is 0. The Balaban J connectivity index is 2.03. The standard InChI is InChI=1S/C12H20N4O/c17-9-12-7-14-5-4-13-6-10-2-1-3-11(16-10)8-15-12/h1-3,12-15,17H,4-9H2. The van der Waals surface area contributed by atoms with Crippen molar-refractivity contribution in [3.63, 3.8) is 0 Å². The van der Waals surface area contributed by atoms with Gasteiger partial charge in [0.2, 0.25) is 0 Å². The zero-order valence-electron chi connectivity index (χ0n) is 9.95. The van der Waals surface area contributed by atoms with Gasteiger partial charge in [-0.3, -0.25) is 4.98 Å². The van der Waals surface area contributed by atoms with Crippen LogP contribution in [0.25, 0.3) is 0 Å². The molecule has 2 bridgehead atoms. The van der Waals surface area contributed by atoms with E-state index in [0.29, 0.717) is 6.54 Å². The molecule has 1 aliphatic rings. The second-order valence-electron chi connectivity index (χ2n) is 4.26. The summed E-state index contributed by atoms with van der Waals surface area (Å²) in [5.41, 5.74) is 2.08. The van der Waals surface area contributed by atoms with E-state index >= 15 is 0 Å². The normalized spacial score (nSPS) is 22.5. The number of aliphatic hydroxyl groups excluding tert-OH is 1. The van der Waals surface area contributed by atoms with E-state index in [2.05, 4.69) is 20.9 Å². The summed E-state index contributed by atoms with van der Waals surface area (Å²) in [5.74, 6) is 0. The average molecular weight is 236 g/mol. The maximum absolute atomic E-state index is 9.23. The van der Waals surface area contributed by atoms with Crippen LogP contribution in [0.4, 0.5) is 0 Å². The van der Waals surface area contributed by atoms with E-state index in [4.69, 9.17) is 0 Å². The molecule has 2 rings (SSSR count). The number of pyridine rings is 1. The number of nitrogens with zero attached hydrogens (tertiary/aromatic N) is 1. The molecule has 2 heterocycles. The first-order valence-corrected chi connectivity index (χ1v) is 6.09. The SMILES string of the molecule is OCC1CNCCNCc2cccc(n2)CN1. The van der Waals surface area contributed by atoms with Gasteiger partial charge in [-0.05, 0) is 12.1 Å². The molecule has 0 spiro atoms. The molecule has 1 aromatic rings. The zero-order valence-corrected chi connectivity index (χ0v) is 9.95. The van der Waals surface area contributed by atoms with Gasteiger partial charge in [-0.25, -0.2) is 0 Å². The Morgan fingerprint density at radius 2 is 1.94 bits per heavy atom. The second kappa shape index (κ2) is 6.66. The lowest BCUT2D eigenvalue weighted by atomic mass is 10.2. The van der Waals surface area contributed by atoms with Crippen molar-refractivity contribution in [2.75, 3.05) is 26.2 Å². The van der Waals surface area contributed by atoms with Gasteiger partial charge in [0, 0.05) is 38.8 Å². The molecule has 0 amide bonds. The highest BCUT2D eigenvalue weighted by Gasteiger charge is 2.07. The highest BCUT2D eigenvalue weighted by atomic mass is 16.3. The summed E-state index contributed by atoms with van der Waals surface area (Å²) < 4.78 is 0. The van der Waals surface area contributed by atoms with Gasteiger partial charge in [0.1, 0.15) is 0 Å². The Hall–Kier alpha value is -1.01. The van der Waals surface area contributed by atoms with Crippen molar-refractivity contribution in [2.24, 2.45) is 0 Å². The predicted molar refractivity (Wildman–Crippen MR) is 66.5 cm³/mol. The zero-order chi connectivity index (χ0) is 11.9. The summed E-state index contributed by atoms with van der Waals surface area (Å²) in [7, 11) is 0. The van der Waals surface area contributed by atoms with Crippen LogP contribution in [0.2, 0.25) is 0 Å². The monoisotopic (exact) mass is 236 g/mol. The van der Waals surface area contributed by atoms with Crippen LogP contribution in [-0.4, -0.2) is 42.4 Å². The number of hydrogen-bond acceptors (Lipinski definition) is 5. The molecule has 94 valence electrons. The van der Waals surface area contributed by atoms with Gasteiger partial charge in [0.25, 0.3) is 0 Å². The lowest BCUT2D eigenvalue weighted by molar-refractivity contribution is 0.237. The van der Waals surface area contributed by atoms with E-state index in [-0.39, 0.29) is 12.6 Å². The summed E-state index contributed by atoms with van der Waals surface area (Å²) in [6, 6.07) is 6.14. The topological polar surface area (TPSA) is 69.2 Å². The summed E-state index contributed by atoms with van der Waals surface area (Å²) >= 11 is 0.